The van der Waals surface area contributed by atoms with Gasteiger partial charge >= 0.3 is 0 Å². The molecule has 0 fully saturated rings. The van der Waals surface area contributed by atoms with Crippen LogP contribution in [0.5, 0.6) is 0 Å². The van der Waals surface area contributed by atoms with Gasteiger partial charge in [0, 0.05) is 24.3 Å². The molecule has 0 aliphatic carbocycles. The van der Waals surface area contributed by atoms with Crippen LogP contribution >= 0.6 is 27.5 Å². The fourth-order valence-electron chi connectivity index (χ4n) is 2.41. The molecule has 0 bridgehead atoms. The third-order valence-electron chi connectivity index (χ3n) is 3.44. The zero-order chi connectivity index (χ0) is 14.9. The van der Waals surface area contributed by atoms with Crippen LogP contribution in [0.2, 0.25) is 0 Å². The summed E-state index contributed by atoms with van der Waals surface area (Å²) < 4.78 is 1.05. The van der Waals surface area contributed by atoms with Gasteiger partial charge in [-0.05, 0) is 48.7 Å². The summed E-state index contributed by atoms with van der Waals surface area (Å²) in [6.45, 7) is 4.22. The minimum Gasteiger partial charge on any atom is -0.377 e. The van der Waals surface area contributed by atoms with E-state index in [9.17, 15) is 0 Å². The first kappa shape index (κ1) is 15.4. The lowest BCUT2D eigenvalue weighted by molar-refractivity contribution is 1.05. The second kappa shape index (κ2) is 6.19. The maximum Gasteiger partial charge on any atom is 0.0858 e. The Balaban J connectivity index is 2.52. The predicted octanol–water partition coefficient (Wildman–Crippen LogP) is 5.46. The largest absolute Gasteiger partial charge is 0.377 e. The van der Waals surface area contributed by atoms with Gasteiger partial charge in [-0.1, -0.05) is 39.7 Å². The number of benzene rings is 2. The van der Waals surface area contributed by atoms with Crippen molar-refractivity contribution >= 4 is 33.2 Å². The van der Waals surface area contributed by atoms with Crippen LogP contribution in [0.1, 0.15) is 27.6 Å². The van der Waals surface area contributed by atoms with Gasteiger partial charge in [0.15, 0.2) is 0 Å². The van der Waals surface area contributed by atoms with Crippen molar-refractivity contribution in [1.82, 2.24) is 0 Å². The van der Waals surface area contributed by atoms with Crippen molar-refractivity contribution in [3.8, 4) is 0 Å². The maximum absolute atomic E-state index is 6.76. The number of rotatable bonds is 3. The Kier molecular flexibility index (Phi) is 4.77. The lowest BCUT2D eigenvalue weighted by Crippen LogP contribution is -2.12. The third-order valence-corrected chi connectivity index (χ3v) is 4.41. The second-order valence-electron chi connectivity index (χ2n) is 5.32. The minimum atomic E-state index is -0.148. The van der Waals surface area contributed by atoms with Gasteiger partial charge in [0.2, 0.25) is 0 Å². The molecule has 0 heterocycles. The van der Waals surface area contributed by atoms with Crippen molar-refractivity contribution in [3.63, 3.8) is 0 Å². The second-order valence-corrected chi connectivity index (χ2v) is 6.67. The number of alkyl halides is 1. The molecule has 0 N–H and O–H groups in total. The van der Waals surface area contributed by atoms with E-state index >= 15 is 0 Å². The molecule has 0 saturated carbocycles. The Morgan fingerprint density at radius 1 is 1.00 bits per heavy atom. The van der Waals surface area contributed by atoms with Crippen LogP contribution < -0.4 is 4.90 Å². The molecule has 0 aromatic heterocycles. The summed E-state index contributed by atoms with van der Waals surface area (Å²) in [5.74, 6) is 0. The topological polar surface area (TPSA) is 3.24 Å². The van der Waals surface area contributed by atoms with Gasteiger partial charge in [0.05, 0.1) is 5.38 Å². The molecule has 0 saturated heterocycles. The van der Waals surface area contributed by atoms with E-state index in [1.54, 1.807) is 0 Å². The molecule has 1 unspecified atom stereocenters. The highest BCUT2D eigenvalue weighted by Gasteiger charge is 2.18. The van der Waals surface area contributed by atoms with E-state index in [4.69, 9.17) is 11.6 Å². The van der Waals surface area contributed by atoms with Gasteiger partial charge in [-0.3, -0.25) is 0 Å². The molecule has 0 spiro atoms. The van der Waals surface area contributed by atoms with Crippen molar-refractivity contribution in [2.75, 3.05) is 19.0 Å². The van der Waals surface area contributed by atoms with E-state index in [1.165, 1.54) is 16.7 Å². The summed E-state index contributed by atoms with van der Waals surface area (Å²) in [6.07, 6.45) is 0. The van der Waals surface area contributed by atoms with Crippen molar-refractivity contribution in [2.24, 2.45) is 0 Å². The summed E-state index contributed by atoms with van der Waals surface area (Å²) >= 11 is 10.3. The molecule has 0 aliphatic heterocycles. The summed E-state index contributed by atoms with van der Waals surface area (Å²) in [4.78, 5) is 2.10. The van der Waals surface area contributed by atoms with Crippen molar-refractivity contribution < 1.29 is 0 Å². The molecule has 2 rings (SSSR count). The van der Waals surface area contributed by atoms with Crippen LogP contribution in [0, 0.1) is 13.8 Å². The molecule has 0 aliphatic rings. The van der Waals surface area contributed by atoms with Crippen molar-refractivity contribution in [1.29, 1.82) is 0 Å². The molecule has 1 atom stereocenters. The van der Waals surface area contributed by atoms with Gasteiger partial charge in [-0.15, -0.1) is 11.6 Å². The standard InChI is InChI=1S/C17H19BrClN/c1-11-5-7-14(12(2)9-11)17(19)15-10-13(18)6-8-16(15)20(3)4/h5-10,17H,1-4H3. The number of hydrogen-bond donors (Lipinski definition) is 0. The van der Waals surface area contributed by atoms with E-state index < -0.39 is 0 Å². The first-order chi connectivity index (χ1) is 9.40. The average molecular weight is 353 g/mol. The highest BCUT2D eigenvalue weighted by atomic mass is 79.9. The zero-order valence-electron chi connectivity index (χ0n) is 12.2. The quantitative estimate of drug-likeness (QED) is 0.663. The highest BCUT2D eigenvalue weighted by Crippen LogP contribution is 2.38. The fraction of sp³-hybridized carbons (Fsp3) is 0.294. The first-order valence-corrected chi connectivity index (χ1v) is 7.81. The number of hydrogen-bond acceptors (Lipinski definition) is 1. The Morgan fingerprint density at radius 2 is 1.70 bits per heavy atom. The SMILES string of the molecule is Cc1ccc(C(Cl)c2cc(Br)ccc2N(C)C)c(C)c1. The zero-order valence-corrected chi connectivity index (χ0v) is 14.6. The Labute approximate surface area is 134 Å². The van der Waals surface area contributed by atoms with Crippen LogP contribution in [0.25, 0.3) is 0 Å². The van der Waals surface area contributed by atoms with Gasteiger partial charge in [-0.25, -0.2) is 0 Å². The van der Waals surface area contributed by atoms with Crippen molar-refractivity contribution in [2.45, 2.75) is 19.2 Å². The number of nitrogens with zero attached hydrogens (tertiary/aromatic N) is 1. The summed E-state index contributed by atoms with van der Waals surface area (Å²) in [7, 11) is 4.08. The van der Waals surface area contributed by atoms with Crippen LogP contribution in [0.3, 0.4) is 0 Å². The minimum absolute atomic E-state index is 0.148. The first-order valence-electron chi connectivity index (χ1n) is 6.58. The average Bonchev–Trinajstić information content (AvgIpc) is 2.37. The van der Waals surface area contributed by atoms with Gasteiger partial charge in [0.25, 0.3) is 0 Å². The molecule has 20 heavy (non-hydrogen) atoms. The molecule has 2 aromatic rings. The summed E-state index contributed by atoms with van der Waals surface area (Å²) in [6, 6.07) is 12.7. The van der Waals surface area contributed by atoms with E-state index in [0.29, 0.717) is 0 Å². The fourth-order valence-corrected chi connectivity index (χ4v) is 3.21. The summed E-state index contributed by atoms with van der Waals surface area (Å²) in [5.41, 5.74) is 5.93. The Morgan fingerprint density at radius 3 is 2.30 bits per heavy atom. The number of anilines is 1. The smallest absolute Gasteiger partial charge is 0.0858 e. The Hall–Kier alpha value is -0.990. The van der Waals surface area contributed by atoms with Gasteiger partial charge < -0.3 is 4.90 Å². The van der Waals surface area contributed by atoms with Gasteiger partial charge in [-0.2, -0.15) is 0 Å². The maximum atomic E-state index is 6.76. The van der Waals surface area contributed by atoms with Gasteiger partial charge in [0.1, 0.15) is 0 Å². The molecule has 0 radical (unpaired) electrons. The van der Waals surface area contributed by atoms with Crippen LogP contribution in [0.15, 0.2) is 40.9 Å². The third kappa shape index (κ3) is 3.18. The normalized spacial score (nSPS) is 12.3. The molecule has 3 heteroatoms. The molecule has 0 amide bonds. The van der Waals surface area contributed by atoms with Crippen molar-refractivity contribution in [3.05, 3.63) is 63.1 Å². The van der Waals surface area contributed by atoms with Crippen LogP contribution in [-0.2, 0) is 0 Å². The number of halogens is 2. The molecular weight excluding hydrogens is 334 g/mol. The monoisotopic (exact) mass is 351 g/mol. The van der Waals surface area contributed by atoms with E-state index in [-0.39, 0.29) is 5.38 Å². The van der Waals surface area contributed by atoms with Crippen LogP contribution in [0.4, 0.5) is 5.69 Å². The van der Waals surface area contributed by atoms with Crippen LogP contribution in [-0.4, -0.2) is 14.1 Å². The molecule has 1 nitrogen and oxygen atoms in total. The summed E-state index contributed by atoms with van der Waals surface area (Å²) in [5, 5.41) is -0.148. The molecule has 106 valence electrons. The lowest BCUT2D eigenvalue weighted by atomic mass is 9.97. The van der Waals surface area contributed by atoms with E-state index in [2.05, 4.69) is 65.0 Å². The predicted molar refractivity (Wildman–Crippen MR) is 92.1 cm³/mol. The molecule has 2 aromatic carbocycles. The van der Waals surface area contributed by atoms with E-state index in [0.717, 1.165) is 15.7 Å². The molecular formula is C17H19BrClN. The highest BCUT2D eigenvalue weighted by molar-refractivity contribution is 9.10. The van der Waals surface area contributed by atoms with E-state index in [1.807, 2.05) is 20.2 Å². The lowest BCUT2D eigenvalue weighted by Gasteiger charge is -2.22. The Bertz CT molecular complexity index is 622. The number of aryl methyl sites for hydroxylation is 2.